The third-order valence-electron chi connectivity index (χ3n) is 5.76. The average molecular weight is 401 g/mol. The highest BCUT2D eigenvalue weighted by atomic mass is 16.5. The highest BCUT2D eigenvalue weighted by Crippen LogP contribution is 2.31. The Balaban J connectivity index is 1.54. The van der Waals surface area contributed by atoms with Crippen LogP contribution in [0.1, 0.15) is 53.0 Å². The number of nitrogens with one attached hydrogen (secondary N) is 1. The lowest BCUT2D eigenvalue weighted by Crippen LogP contribution is -2.31. The van der Waals surface area contributed by atoms with Crippen molar-refractivity contribution in [3.8, 4) is 11.4 Å². The van der Waals surface area contributed by atoms with Gasteiger partial charge in [-0.3, -0.25) is 9.48 Å². The van der Waals surface area contributed by atoms with Gasteiger partial charge in [0.15, 0.2) is 0 Å². The lowest BCUT2D eigenvalue weighted by atomic mass is 9.87. The second kappa shape index (κ2) is 7.40. The second-order valence-corrected chi connectivity index (χ2v) is 7.68. The minimum absolute atomic E-state index is 0.00594. The summed E-state index contributed by atoms with van der Waals surface area (Å²) >= 11 is 0. The van der Waals surface area contributed by atoms with Gasteiger partial charge in [-0.1, -0.05) is 29.4 Å². The molecule has 1 N–H and O–H groups in total. The number of amides is 1. The van der Waals surface area contributed by atoms with Crippen molar-refractivity contribution in [3.05, 3.63) is 65.0 Å². The van der Waals surface area contributed by atoms with Crippen LogP contribution in [0.5, 0.6) is 0 Å². The van der Waals surface area contributed by atoms with Gasteiger partial charge in [-0.15, -0.1) is 0 Å². The van der Waals surface area contributed by atoms with Gasteiger partial charge < -0.3 is 9.84 Å². The van der Waals surface area contributed by atoms with Gasteiger partial charge in [0.05, 0.1) is 28.4 Å². The lowest BCUT2D eigenvalue weighted by Gasteiger charge is -2.26. The molecule has 1 atom stereocenters. The van der Waals surface area contributed by atoms with Gasteiger partial charge >= 0.3 is 0 Å². The molecule has 0 saturated carbocycles. The summed E-state index contributed by atoms with van der Waals surface area (Å²) in [6.07, 6.45) is 4.93. The monoisotopic (exact) mass is 401 g/mol. The fraction of sp³-hybridized carbons (Fsp3) is 0.304. The SMILES string of the molecule is CCn1ccc(-c2cc(C(=O)N[C@H]3CCCc4ccccc43)c3c(C)noc3n2)n1. The van der Waals surface area contributed by atoms with E-state index >= 15 is 0 Å². The first-order valence-electron chi connectivity index (χ1n) is 10.3. The van der Waals surface area contributed by atoms with Crippen LogP contribution in [-0.4, -0.2) is 25.8 Å². The Morgan fingerprint density at radius 1 is 1.27 bits per heavy atom. The number of fused-ring (bicyclic) bond motifs is 2. The van der Waals surface area contributed by atoms with E-state index in [4.69, 9.17) is 4.52 Å². The zero-order chi connectivity index (χ0) is 20.7. The number of aryl methyl sites for hydroxylation is 3. The fourth-order valence-corrected chi connectivity index (χ4v) is 4.22. The Kier molecular flexibility index (Phi) is 4.58. The quantitative estimate of drug-likeness (QED) is 0.553. The molecule has 3 aromatic heterocycles. The Morgan fingerprint density at radius 2 is 2.13 bits per heavy atom. The van der Waals surface area contributed by atoms with Crippen LogP contribution in [-0.2, 0) is 13.0 Å². The van der Waals surface area contributed by atoms with E-state index in [2.05, 4.69) is 38.8 Å². The van der Waals surface area contributed by atoms with Crippen molar-refractivity contribution >= 4 is 17.0 Å². The molecule has 1 aromatic carbocycles. The molecular formula is C23H23N5O2. The predicted molar refractivity (Wildman–Crippen MR) is 113 cm³/mol. The van der Waals surface area contributed by atoms with Gasteiger partial charge in [0.1, 0.15) is 5.69 Å². The number of aromatic nitrogens is 4. The number of hydrogen-bond donors (Lipinski definition) is 1. The normalized spacial score (nSPS) is 15.9. The maximum Gasteiger partial charge on any atom is 0.259 e. The molecule has 1 amide bonds. The smallest absolute Gasteiger partial charge is 0.259 e. The molecule has 7 heteroatoms. The van der Waals surface area contributed by atoms with Crippen molar-refractivity contribution in [2.24, 2.45) is 0 Å². The summed E-state index contributed by atoms with van der Waals surface area (Å²) in [6, 6.07) is 12.0. The standard InChI is InChI=1S/C23H23N5O2/c1-3-28-12-11-19(26-28)20-13-17(21-14(2)27-30-23(21)25-20)22(29)24-18-10-6-8-15-7-4-5-9-16(15)18/h4-5,7,9,11-13,18H,3,6,8,10H2,1-2H3,(H,24,29)/t18-/m0/s1. The minimum atomic E-state index is -0.147. The van der Waals surface area contributed by atoms with Crippen molar-refractivity contribution in [1.82, 2.24) is 25.2 Å². The molecule has 3 heterocycles. The van der Waals surface area contributed by atoms with Gasteiger partial charge in [-0.2, -0.15) is 5.10 Å². The highest BCUT2D eigenvalue weighted by molar-refractivity contribution is 6.07. The summed E-state index contributed by atoms with van der Waals surface area (Å²) < 4.78 is 7.23. The third-order valence-corrected chi connectivity index (χ3v) is 5.76. The van der Waals surface area contributed by atoms with Crippen molar-refractivity contribution in [2.75, 3.05) is 0 Å². The summed E-state index contributed by atoms with van der Waals surface area (Å²) in [5.41, 5.74) is 5.32. The van der Waals surface area contributed by atoms with Gasteiger partial charge in [0, 0.05) is 12.7 Å². The molecule has 1 aliphatic rings. The first-order chi connectivity index (χ1) is 14.6. The molecule has 152 valence electrons. The molecule has 5 rings (SSSR count). The summed E-state index contributed by atoms with van der Waals surface area (Å²) in [4.78, 5) is 18.0. The van der Waals surface area contributed by atoms with Crippen LogP contribution in [0, 0.1) is 6.92 Å². The average Bonchev–Trinajstić information content (AvgIpc) is 3.40. The second-order valence-electron chi connectivity index (χ2n) is 7.68. The Morgan fingerprint density at radius 3 is 2.97 bits per heavy atom. The molecule has 1 aliphatic carbocycles. The van der Waals surface area contributed by atoms with E-state index in [9.17, 15) is 4.79 Å². The van der Waals surface area contributed by atoms with E-state index in [0.717, 1.165) is 25.8 Å². The summed E-state index contributed by atoms with van der Waals surface area (Å²) in [6.45, 7) is 4.61. The van der Waals surface area contributed by atoms with Crippen LogP contribution in [0.3, 0.4) is 0 Å². The van der Waals surface area contributed by atoms with Crippen LogP contribution in [0.2, 0.25) is 0 Å². The molecule has 0 unspecified atom stereocenters. The summed E-state index contributed by atoms with van der Waals surface area (Å²) in [7, 11) is 0. The molecule has 0 spiro atoms. The number of pyridine rings is 1. The first-order valence-corrected chi connectivity index (χ1v) is 10.3. The van der Waals surface area contributed by atoms with E-state index in [-0.39, 0.29) is 11.9 Å². The zero-order valence-electron chi connectivity index (χ0n) is 17.1. The van der Waals surface area contributed by atoms with Crippen molar-refractivity contribution in [1.29, 1.82) is 0 Å². The van der Waals surface area contributed by atoms with E-state index in [1.54, 1.807) is 6.07 Å². The zero-order valence-corrected chi connectivity index (χ0v) is 17.1. The van der Waals surface area contributed by atoms with Crippen LogP contribution < -0.4 is 5.32 Å². The molecule has 0 aliphatic heterocycles. The van der Waals surface area contributed by atoms with Crippen LogP contribution >= 0.6 is 0 Å². The molecule has 30 heavy (non-hydrogen) atoms. The van der Waals surface area contributed by atoms with E-state index < -0.39 is 0 Å². The highest BCUT2D eigenvalue weighted by Gasteiger charge is 2.25. The maximum atomic E-state index is 13.4. The topological polar surface area (TPSA) is 85.8 Å². The summed E-state index contributed by atoms with van der Waals surface area (Å²) in [5.74, 6) is -0.147. The first kappa shape index (κ1) is 18.5. The summed E-state index contributed by atoms with van der Waals surface area (Å²) in [5, 5.41) is 12.4. The number of rotatable bonds is 4. The van der Waals surface area contributed by atoms with Crippen molar-refractivity contribution in [2.45, 2.75) is 45.7 Å². The maximum absolute atomic E-state index is 13.4. The van der Waals surface area contributed by atoms with Crippen LogP contribution in [0.4, 0.5) is 0 Å². The third kappa shape index (κ3) is 3.16. The Labute approximate surface area is 174 Å². The molecule has 0 radical (unpaired) electrons. The molecule has 4 aromatic rings. The molecular weight excluding hydrogens is 378 g/mol. The van der Waals surface area contributed by atoms with Crippen molar-refractivity contribution in [3.63, 3.8) is 0 Å². The number of nitrogens with zero attached hydrogens (tertiary/aromatic N) is 4. The fourth-order valence-electron chi connectivity index (χ4n) is 4.22. The Hall–Kier alpha value is -3.48. The van der Waals surface area contributed by atoms with Crippen molar-refractivity contribution < 1.29 is 9.32 Å². The molecule has 0 bridgehead atoms. The van der Waals surface area contributed by atoms with Gasteiger partial charge in [-0.25, -0.2) is 4.98 Å². The van der Waals surface area contributed by atoms with Gasteiger partial charge in [0.25, 0.3) is 11.6 Å². The van der Waals surface area contributed by atoms with Crippen LogP contribution in [0.15, 0.2) is 47.1 Å². The van der Waals surface area contributed by atoms with E-state index in [1.807, 2.05) is 36.9 Å². The molecule has 7 nitrogen and oxygen atoms in total. The number of carbonyl (C=O) groups is 1. The number of carbonyl (C=O) groups excluding carboxylic acids is 1. The predicted octanol–water partition coefficient (Wildman–Crippen LogP) is 4.22. The van der Waals surface area contributed by atoms with Gasteiger partial charge in [-0.05, 0) is 56.4 Å². The van der Waals surface area contributed by atoms with Gasteiger partial charge in [0.2, 0.25) is 0 Å². The molecule has 0 saturated heterocycles. The van der Waals surface area contributed by atoms with E-state index in [0.29, 0.717) is 33.7 Å². The Bertz CT molecular complexity index is 1240. The largest absolute Gasteiger partial charge is 0.345 e. The number of benzene rings is 1. The van der Waals surface area contributed by atoms with E-state index in [1.165, 1.54) is 11.1 Å². The number of hydrogen-bond acceptors (Lipinski definition) is 5. The van der Waals surface area contributed by atoms with Crippen LogP contribution in [0.25, 0.3) is 22.5 Å². The minimum Gasteiger partial charge on any atom is -0.345 e. The lowest BCUT2D eigenvalue weighted by molar-refractivity contribution is 0.0934. The molecule has 0 fully saturated rings.